The molecule has 1 heterocycles. The predicted octanol–water partition coefficient (Wildman–Crippen LogP) is -0.800. The molecule has 15 N–H and O–H groups in total. The van der Waals surface area contributed by atoms with Gasteiger partial charge in [0.1, 0.15) is 66.0 Å². The van der Waals surface area contributed by atoms with Gasteiger partial charge in [-0.15, -0.1) is 6.58 Å². The number of primary amides is 1. The first-order chi connectivity index (χ1) is 42.6. The number of likely N-dealkylation sites (N-methyl/N-ethyl adjacent to an activating group) is 1. The minimum Gasteiger partial charge on any atom is -0.458 e. The Labute approximate surface area is 524 Å². The number of alkyl halides is 2. The molecule has 11 amide bonds. The fraction of sp³-hybridized carbons (Fsp3) is 0.672. The van der Waals surface area contributed by atoms with Gasteiger partial charge in [-0.3, -0.25) is 52.7 Å². The molecular formula is C61H96F2N12O15. The van der Waals surface area contributed by atoms with Crippen LogP contribution in [0.1, 0.15) is 138 Å². The Hall–Kier alpha value is -7.66. The van der Waals surface area contributed by atoms with Crippen molar-refractivity contribution in [2.75, 3.05) is 20.3 Å². The lowest BCUT2D eigenvalue weighted by Gasteiger charge is -2.30. The fourth-order valence-electron chi connectivity index (χ4n) is 10.1. The summed E-state index contributed by atoms with van der Waals surface area (Å²) < 4.78 is 32.8. The maximum atomic E-state index is 14.5. The lowest BCUT2D eigenvalue weighted by Crippen LogP contribution is -2.63. The Morgan fingerprint density at radius 3 is 1.76 bits per heavy atom. The maximum absolute atomic E-state index is 14.5. The molecule has 29 heteroatoms. The lowest BCUT2D eigenvalue weighted by molar-refractivity contribution is -0.157. The van der Waals surface area contributed by atoms with Crippen LogP contribution in [0.4, 0.5) is 8.78 Å². The molecule has 1 aromatic rings. The number of rotatable bonds is 36. The molecule has 0 aromatic heterocycles. The first kappa shape index (κ1) is 76.6. The number of amides is 11. The molecule has 504 valence electrons. The van der Waals surface area contributed by atoms with Gasteiger partial charge in [0.25, 0.3) is 0 Å². The van der Waals surface area contributed by atoms with Gasteiger partial charge in [-0.05, 0) is 88.7 Å². The zero-order valence-electron chi connectivity index (χ0n) is 53.1. The lowest BCUT2D eigenvalue weighted by atomic mass is 9.96. The van der Waals surface area contributed by atoms with Crippen molar-refractivity contribution in [3.63, 3.8) is 0 Å². The van der Waals surface area contributed by atoms with Gasteiger partial charge in [0.15, 0.2) is 0 Å². The average Bonchev–Trinajstić information content (AvgIpc) is 1.58. The number of aliphatic hydroxyl groups excluding tert-OH is 2. The van der Waals surface area contributed by atoms with Crippen molar-refractivity contribution < 1.29 is 81.3 Å². The third-order valence-corrected chi connectivity index (χ3v) is 16.7. The second-order valence-electron chi connectivity index (χ2n) is 23.5. The number of carbonyl (C=O) groups is 12. The van der Waals surface area contributed by atoms with Crippen LogP contribution < -0.4 is 64.2 Å². The molecule has 90 heavy (non-hydrogen) atoms. The smallest absolute Gasteiger partial charge is 0.329 e. The fourth-order valence-corrected chi connectivity index (χ4v) is 10.1. The summed E-state index contributed by atoms with van der Waals surface area (Å²) in [5, 5.41) is 49.0. The Kier molecular flexibility index (Phi) is 31.9. The van der Waals surface area contributed by atoms with Crippen molar-refractivity contribution >= 4 is 70.9 Å². The van der Waals surface area contributed by atoms with Crippen molar-refractivity contribution in [1.29, 1.82) is 0 Å². The summed E-state index contributed by atoms with van der Waals surface area (Å²) >= 11 is 0. The molecule has 1 aliphatic carbocycles. The minimum absolute atomic E-state index is 0.0669. The number of benzene rings is 1. The van der Waals surface area contributed by atoms with E-state index in [1.54, 1.807) is 54.7 Å². The van der Waals surface area contributed by atoms with Crippen LogP contribution in [0.3, 0.4) is 0 Å². The van der Waals surface area contributed by atoms with Crippen LogP contribution in [-0.4, -0.2) is 180 Å². The van der Waals surface area contributed by atoms with Gasteiger partial charge in [0.05, 0.1) is 19.3 Å². The van der Waals surface area contributed by atoms with E-state index in [1.165, 1.54) is 13.8 Å². The number of unbranched alkanes of at least 4 members (excludes halogenated alkanes) is 3. The molecule has 2 aliphatic rings. The average molecular weight is 1280 g/mol. The summed E-state index contributed by atoms with van der Waals surface area (Å²) in [6.07, 6.45) is -1.27. The Bertz CT molecular complexity index is 2640. The number of halogens is 2. The number of nitrogens with one attached hydrogen (secondary N) is 11. The van der Waals surface area contributed by atoms with Crippen LogP contribution in [0.25, 0.3) is 0 Å². The van der Waals surface area contributed by atoms with Gasteiger partial charge >= 0.3 is 5.97 Å². The van der Waals surface area contributed by atoms with E-state index in [0.29, 0.717) is 38.5 Å². The van der Waals surface area contributed by atoms with Gasteiger partial charge < -0.3 is 79.2 Å². The molecule has 0 bridgehead atoms. The maximum Gasteiger partial charge on any atom is 0.329 e. The van der Waals surface area contributed by atoms with Crippen molar-refractivity contribution in [3.8, 4) is 0 Å². The van der Waals surface area contributed by atoms with Gasteiger partial charge in [-0.2, -0.15) is 0 Å². The predicted molar refractivity (Wildman–Crippen MR) is 325 cm³/mol. The van der Waals surface area contributed by atoms with Crippen LogP contribution in [0.5, 0.6) is 0 Å². The molecule has 1 saturated carbocycles. The number of aliphatic hydroxyl groups is 2. The highest BCUT2D eigenvalue weighted by molar-refractivity contribution is 6.01. The van der Waals surface area contributed by atoms with Crippen LogP contribution in [0.2, 0.25) is 0 Å². The van der Waals surface area contributed by atoms with Gasteiger partial charge in [0.2, 0.25) is 71.4 Å². The standard InChI is InChI=1S/C61H96F2N12O15/c1-11-15-16-17-21-24-39(51(80)69-43(31-77)55(84)73-49-36(9)90-59(88)48(34(7)14-4)74-60(89)61(29-38(61)28-44(62)63)75-50(79)35(8)66-58(49)87)68-56(85)46(32(5)12-2)71-52(81)40(25-26-45(64)78)67-54(83)42(30-76)70-57(86)47(33(6)13-3)72-53(82)41(65-10)27-37-22-19-18-20-23-37/h11,18-20,22-23,32-36,38-44,46-49,65,76-77H,1,12-17,21,24-31H2,2-10H3,(H2,64,78)(H,66,87)(H,67,83)(H,68,85)(H,69,80)(H,70,86)(H,71,81)(H,72,82)(H,73,84)(H,74,89)(H,75,79)/t32-,33-,34-,35-,36-,38+,39-,40+,41+,42-,43-,46+,47-,48-,49+,61+/m0/s1. The molecule has 1 spiro atoms. The number of allylic oxidation sites excluding steroid dienone is 1. The van der Waals surface area contributed by atoms with E-state index < -0.39 is 206 Å². The second kappa shape index (κ2) is 37.5. The summed E-state index contributed by atoms with van der Waals surface area (Å²) in [7, 11) is 1.59. The molecule has 1 aliphatic heterocycles. The summed E-state index contributed by atoms with van der Waals surface area (Å²) in [5.41, 5.74) is 4.47. The van der Waals surface area contributed by atoms with Crippen LogP contribution in [0.15, 0.2) is 43.0 Å². The molecule has 16 atom stereocenters. The van der Waals surface area contributed by atoms with E-state index in [-0.39, 0.29) is 25.7 Å². The van der Waals surface area contributed by atoms with Crippen LogP contribution in [0, 0.1) is 23.7 Å². The largest absolute Gasteiger partial charge is 0.458 e. The second-order valence-corrected chi connectivity index (χ2v) is 23.5. The number of carbonyl (C=O) groups excluding carboxylic acids is 12. The zero-order valence-corrected chi connectivity index (χ0v) is 53.1. The van der Waals surface area contributed by atoms with E-state index in [0.717, 1.165) is 5.56 Å². The van der Waals surface area contributed by atoms with E-state index in [1.807, 2.05) is 30.3 Å². The van der Waals surface area contributed by atoms with Crippen LogP contribution >= 0.6 is 0 Å². The van der Waals surface area contributed by atoms with E-state index in [9.17, 15) is 76.5 Å². The minimum atomic E-state index is -2.83. The number of esters is 1. The van der Waals surface area contributed by atoms with Gasteiger partial charge in [-0.25, -0.2) is 13.6 Å². The molecule has 0 radical (unpaired) electrons. The molecule has 0 unspecified atom stereocenters. The summed E-state index contributed by atoms with van der Waals surface area (Å²) in [5.74, 6) is -14.3. The number of hydrogen-bond donors (Lipinski definition) is 14. The van der Waals surface area contributed by atoms with E-state index in [4.69, 9.17) is 10.5 Å². The molecule has 1 saturated heterocycles. The number of ether oxygens (including phenoxy) is 1. The Morgan fingerprint density at radius 2 is 1.22 bits per heavy atom. The third-order valence-electron chi connectivity index (χ3n) is 16.7. The normalized spacial score (nSPS) is 22.7. The summed E-state index contributed by atoms with van der Waals surface area (Å²) in [6, 6.07) is -5.62. The Morgan fingerprint density at radius 1 is 0.700 bits per heavy atom. The molecule has 3 rings (SSSR count). The highest BCUT2D eigenvalue weighted by Crippen LogP contribution is 2.48. The van der Waals surface area contributed by atoms with Crippen LogP contribution in [-0.2, 0) is 68.7 Å². The topological polar surface area (TPSA) is 413 Å². The zero-order chi connectivity index (χ0) is 67.6. The quantitative estimate of drug-likeness (QED) is 0.0222. The van der Waals surface area contributed by atoms with Crippen molar-refractivity contribution in [1.82, 2.24) is 58.5 Å². The Balaban J connectivity index is 1.89. The first-order valence-corrected chi connectivity index (χ1v) is 30.9. The van der Waals surface area contributed by atoms with Crippen molar-refractivity contribution in [2.24, 2.45) is 29.4 Å². The third kappa shape index (κ3) is 23.0. The number of hydrogen-bond acceptors (Lipinski definition) is 16. The summed E-state index contributed by atoms with van der Waals surface area (Å²) in [6.45, 7) is 14.2. The highest BCUT2D eigenvalue weighted by atomic mass is 19.3. The van der Waals surface area contributed by atoms with Gasteiger partial charge in [-0.1, -0.05) is 110 Å². The molecular weight excluding hydrogens is 1180 g/mol. The van der Waals surface area contributed by atoms with Gasteiger partial charge in [0, 0.05) is 12.8 Å². The van der Waals surface area contributed by atoms with Crippen molar-refractivity contribution in [2.45, 2.75) is 217 Å². The number of cyclic esters (lactones) is 1. The van der Waals surface area contributed by atoms with E-state index >= 15 is 0 Å². The molecule has 2 fully saturated rings. The molecule has 27 nitrogen and oxygen atoms in total. The van der Waals surface area contributed by atoms with Crippen molar-refractivity contribution in [3.05, 3.63) is 48.6 Å². The first-order valence-electron chi connectivity index (χ1n) is 30.9. The number of nitrogens with two attached hydrogens (primary N) is 1. The molecule has 1 aromatic carbocycles. The monoisotopic (exact) mass is 1270 g/mol. The summed E-state index contributed by atoms with van der Waals surface area (Å²) in [4.78, 5) is 166. The van der Waals surface area contributed by atoms with E-state index in [2.05, 4.69) is 65.1 Å². The SMILES string of the molecule is C=CCCCCC[C@H](NC(=O)[C@H](NC(=O)[C@@H](CCC(N)=O)NC(=O)[C@H](CO)NC(=O)[C@@H](NC(=O)[C@@H](Cc1ccccc1)NC)[C@@H](C)CC)[C@@H](C)CC)C(=O)N[C@@H](CO)C(=O)N[C@H]1C(=O)N[C@@H](C)C(=O)N[C@@]2(C[C@H]2CC(F)F)C(=O)N[C@@H]([C@@H](C)CC)C(=O)O[C@H]1C. The highest BCUT2D eigenvalue weighted by Gasteiger charge is 2.62.